The number of carbonyl (C=O) groups is 2. The summed E-state index contributed by atoms with van der Waals surface area (Å²) in [6.45, 7) is 3.92. The third-order valence-corrected chi connectivity index (χ3v) is 6.14. The third-order valence-electron chi connectivity index (χ3n) is 6.14. The molecule has 5 rings (SSSR count). The molecule has 0 spiro atoms. The van der Waals surface area contributed by atoms with Gasteiger partial charge in [0.15, 0.2) is 17.3 Å². The first kappa shape index (κ1) is 18.2. The molecule has 0 aromatic heterocycles. The molecule has 1 amide bonds. The zero-order valence-electron chi connectivity index (χ0n) is 16.3. The maximum absolute atomic E-state index is 12.7. The Morgan fingerprint density at radius 2 is 1.83 bits per heavy atom. The van der Waals surface area contributed by atoms with Crippen molar-refractivity contribution in [1.29, 1.82) is 0 Å². The van der Waals surface area contributed by atoms with E-state index in [1.54, 1.807) is 18.2 Å². The Labute approximate surface area is 170 Å². The standard InChI is InChI=1S/C23H24N2O4/c26-20(17-5-6-21-22(11-17)29-15-28-21)14-24-9-7-16(8-10-24)12-25-13-18-3-1-2-4-19(18)23(25)27/h1-6,11,16H,7-10,12-15H2. The minimum absolute atomic E-state index is 0.104. The highest BCUT2D eigenvalue weighted by Crippen LogP contribution is 2.33. The van der Waals surface area contributed by atoms with Crippen molar-refractivity contribution in [3.8, 4) is 11.5 Å². The van der Waals surface area contributed by atoms with Crippen molar-refractivity contribution < 1.29 is 19.1 Å². The number of fused-ring (bicyclic) bond motifs is 2. The number of piperidine rings is 1. The lowest BCUT2D eigenvalue weighted by Gasteiger charge is -2.33. The number of hydrogen-bond acceptors (Lipinski definition) is 5. The maximum atomic E-state index is 12.7. The van der Waals surface area contributed by atoms with E-state index in [0.29, 0.717) is 29.5 Å². The van der Waals surface area contributed by atoms with E-state index in [0.717, 1.165) is 50.1 Å². The number of nitrogens with zero attached hydrogens (tertiary/aromatic N) is 2. The topological polar surface area (TPSA) is 59.1 Å². The zero-order chi connectivity index (χ0) is 19.8. The molecule has 0 radical (unpaired) electrons. The van der Waals surface area contributed by atoms with E-state index in [9.17, 15) is 9.59 Å². The molecular weight excluding hydrogens is 368 g/mol. The van der Waals surface area contributed by atoms with Crippen molar-refractivity contribution in [2.24, 2.45) is 5.92 Å². The van der Waals surface area contributed by atoms with Crippen LogP contribution in [0.5, 0.6) is 11.5 Å². The van der Waals surface area contributed by atoms with Gasteiger partial charge in [0.2, 0.25) is 6.79 Å². The molecule has 0 aliphatic carbocycles. The molecule has 0 saturated carbocycles. The molecule has 3 aliphatic heterocycles. The number of amides is 1. The molecule has 29 heavy (non-hydrogen) atoms. The quantitative estimate of drug-likeness (QED) is 0.733. The molecule has 1 saturated heterocycles. The molecule has 0 bridgehead atoms. The second-order valence-corrected chi connectivity index (χ2v) is 8.05. The Hall–Kier alpha value is -2.86. The smallest absolute Gasteiger partial charge is 0.254 e. The van der Waals surface area contributed by atoms with Crippen molar-refractivity contribution in [1.82, 2.24) is 9.80 Å². The SMILES string of the molecule is O=C(CN1CCC(CN2Cc3ccccc3C2=O)CC1)c1ccc2c(c1)OCO2. The summed E-state index contributed by atoms with van der Waals surface area (Å²) in [6, 6.07) is 13.3. The average Bonchev–Trinajstić information content (AvgIpc) is 3.34. The van der Waals surface area contributed by atoms with E-state index < -0.39 is 0 Å². The molecule has 150 valence electrons. The fourth-order valence-corrected chi connectivity index (χ4v) is 4.47. The minimum atomic E-state index is 0.104. The zero-order valence-corrected chi connectivity index (χ0v) is 16.3. The number of hydrogen-bond donors (Lipinski definition) is 0. The van der Waals surface area contributed by atoms with E-state index in [1.807, 2.05) is 29.2 Å². The number of rotatable bonds is 5. The normalized spacial score (nSPS) is 18.9. The van der Waals surface area contributed by atoms with Crippen LogP contribution in [0.4, 0.5) is 0 Å². The van der Waals surface area contributed by atoms with Gasteiger partial charge in [-0.25, -0.2) is 0 Å². The average molecular weight is 392 g/mol. The molecular formula is C23H24N2O4. The lowest BCUT2D eigenvalue weighted by atomic mass is 9.95. The van der Waals surface area contributed by atoms with Gasteiger partial charge in [-0.3, -0.25) is 14.5 Å². The van der Waals surface area contributed by atoms with Gasteiger partial charge in [0.1, 0.15) is 0 Å². The van der Waals surface area contributed by atoms with Gasteiger partial charge in [0, 0.05) is 24.2 Å². The van der Waals surface area contributed by atoms with Crippen LogP contribution in [0.2, 0.25) is 0 Å². The maximum Gasteiger partial charge on any atom is 0.254 e. The number of ether oxygens (including phenoxy) is 2. The van der Waals surface area contributed by atoms with Crippen molar-refractivity contribution >= 4 is 11.7 Å². The Morgan fingerprint density at radius 3 is 2.66 bits per heavy atom. The number of likely N-dealkylation sites (tertiary alicyclic amines) is 1. The van der Waals surface area contributed by atoms with Crippen LogP contribution < -0.4 is 9.47 Å². The molecule has 6 nitrogen and oxygen atoms in total. The Balaban J connectivity index is 1.12. The number of ketones is 1. The highest BCUT2D eigenvalue weighted by atomic mass is 16.7. The van der Waals surface area contributed by atoms with Crippen LogP contribution in [0, 0.1) is 5.92 Å². The predicted octanol–water partition coefficient (Wildman–Crippen LogP) is 2.97. The number of Topliss-reactive ketones (excluding diaryl/α,β-unsaturated/α-hetero) is 1. The fraction of sp³-hybridized carbons (Fsp3) is 0.391. The Bertz CT molecular complexity index is 950. The minimum Gasteiger partial charge on any atom is -0.454 e. The molecule has 2 aromatic carbocycles. The Kier molecular flexibility index (Phi) is 4.72. The summed E-state index contributed by atoms with van der Waals surface area (Å²) in [5.74, 6) is 2.09. The summed E-state index contributed by atoms with van der Waals surface area (Å²) in [4.78, 5) is 29.4. The van der Waals surface area contributed by atoms with Crippen molar-refractivity contribution in [2.75, 3.05) is 33.0 Å². The summed E-state index contributed by atoms with van der Waals surface area (Å²) in [7, 11) is 0. The molecule has 0 atom stereocenters. The summed E-state index contributed by atoms with van der Waals surface area (Å²) in [6.07, 6.45) is 2.02. The summed E-state index contributed by atoms with van der Waals surface area (Å²) < 4.78 is 10.7. The highest BCUT2D eigenvalue weighted by Gasteiger charge is 2.30. The van der Waals surface area contributed by atoms with Crippen LogP contribution in [0.15, 0.2) is 42.5 Å². The number of carbonyl (C=O) groups excluding carboxylic acids is 2. The predicted molar refractivity (Wildman–Crippen MR) is 107 cm³/mol. The second kappa shape index (κ2) is 7.52. The summed E-state index contributed by atoms with van der Waals surface area (Å²) in [5, 5.41) is 0. The van der Waals surface area contributed by atoms with Crippen molar-refractivity contribution in [3.63, 3.8) is 0 Å². The fourth-order valence-electron chi connectivity index (χ4n) is 4.47. The molecule has 2 aromatic rings. The van der Waals surface area contributed by atoms with Crippen LogP contribution in [0.3, 0.4) is 0 Å². The molecule has 6 heteroatoms. The lowest BCUT2D eigenvalue weighted by molar-refractivity contribution is 0.0707. The van der Waals surface area contributed by atoms with Crippen LogP contribution >= 0.6 is 0 Å². The van der Waals surface area contributed by atoms with E-state index in [1.165, 1.54) is 0 Å². The first-order valence-corrected chi connectivity index (χ1v) is 10.2. The second-order valence-electron chi connectivity index (χ2n) is 8.05. The van der Waals surface area contributed by atoms with E-state index in [4.69, 9.17) is 9.47 Å². The third kappa shape index (κ3) is 3.60. The first-order chi connectivity index (χ1) is 14.2. The van der Waals surface area contributed by atoms with Crippen LogP contribution in [0.1, 0.15) is 39.1 Å². The largest absolute Gasteiger partial charge is 0.454 e. The van der Waals surface area contributed by atoms with Crippen molar-refractivity contribution in [3.05, 3.63) is 59.2 Å². The van der Waals surface area contributed by atoms with Gasteiger partial charge in [-0.05, 0) is 61.7 Å². The summed E-state index contributed by atoms with van der Waals surface area (Å²) >= 11 is 0. The molecule has 0 N–H and O–H groups in total. The molecule has 1 fully saturated rings. The molecule has 3 heterocycles. The highest BCUT2D eigenvalue weighted by molar-refractivity contribution is 5.98. The van der Waals surface area contributed by atoms with Gasteiger partial charge in [-0.1, -0.05) is 18.2 Å². The van der Waals surface area contributed by atoms with E-state index in [-0.39, 0.29) is 18.5 Å². The number of benzene rings is 2. The van der Waals surface area contributed by atoms with Gasteiger partial charge in [-0.2, -0.15) is 0 Å². The van der Waals surface area contributed by atoms with Gasteiger partial charge in [-0.15, -0.1) is 0 Å². The van der Waals surface area contributed by atoms with E-state index in [2.05, 4.69) is 4.90 Å². The van der Waals surface area contributed by atoms with Gasteiger partial charge in [0.25, 0.3) is 5.91 Å². The van der Waals surface area contributed by atoms with Crippen LogP contribution in [0.25, 0.3) is 0 Å². The Morgan fingerprint density at radius 1 is 1.03 bits per heavy atom. The van der Waals surface area contributed by atoms with Gasteiger partial charge < -0.3 is 14.4 Å². The summed E-state index contributed by atoms with van der Waals surface area (Å²) in [5.41, 5.74) is 2.64. The lowest BCUT2D eigenvalue weighted by Crippen LogP contribution is -2.40. The molecule has 0 unspecified atom stereocenters. The van der Waals surface area contributed by atoms with Crippen molar-refractivity contribution in [2.45, 2.75) is 19.4 Å². The molecule has 3 aliphatic rings. The first-order valence-electron chi connectivity index (χ1n) is 10.2. The van der Waals surface area contributed by atoms with Crippen LogP contribution in [-0.2, 0) is 6.54 Å². The van der Waals surface area contributed by atoms with E-state index >= 15 is 0 Å². The monoisotopic (exact) mass is 392 g/mol. The van der Waals surface area contributed by atoms with Gasteiger partial charge in [0.05, 0.1) is 6.54 Å². The van der Waals surface area contributed by atoms with Gasteiger partial charge >= 0.3 is 0 Å². The van der Waals surface area contributed by atoms with Crippen LogP contribution in [-0.4, -0.2) is 54.5 Å².